The maximum absolute atomic E-state index is 11.2. The third-order valence-electron chi connectivity index (χ3n) is 4.28. The molecule has 0 saturated heterocycles. The third-order valence-corrected chi connectivity index (χ3v) is 4.28. The van der Waals surface area contributed by atoms with Crippen molar-refractivity contribution in [3.63, 3.8) is 0 Å². The fourth-order valence-electron chi connectivity index (χ4n) is 2.95. The summed E-state index contributed by atoms with van der Waals surface area (Å²) >= 11 is 0. The van der Waals surface area contributed by atoms with Gasteiger partial charge in [-0.1, -0.05) is 39.7 Å². The van der Waals surface area contributed by atoms with E-state index in [9.17, 15) is 4.79 Å². The molecule has 0 aliphatic heterocycles. The van der Waals surface area contributed by atoms with Crippen molar-refractivity contribution < 1.29 is 10.0 Å². The molecule has 1 aromatic carbocycles. The highest BCUT2D eigenvalue weighted by molar-refractivity contribution is 5.91. The number of imidazole rings is 1. The van der Waals surface area contributed by atoms with E-state index in [2.05, 4.69) is 36.7 Å². The number of benzene rings is 1. The summed E-state index contributed by atoms with van der Waals surface area (Å²) in [4.78, 5) is 16.0. The number of fused-ring (bicyclic) bond motifs is 1. The summed E-state index contributed by atoms with van der Waals surface area (Å²) in [7, 11) is 0. The molecule has 6 nitrogen and oxygen atoms in total. The minimum atomic E-state index is -0.546. The summed E-state index contributed by atoms with van der Waals surface area (Å²) < 4.78 is 2.30. The van der Waals surface area contributed by atoms with Crippen LogP contribution in [0, 0.1) is 0 Å². The molecule has 0 aliphatic carbocycles. The van der Waals surface area contributed by atoms with Crippen LogP contribution in [-0.2, 0) is 17.8 Å². The number of aryl methyl sites for hydroxylation is 1. The average molecular weight is 358 g/mol. The largest absolute Gasteiger partial charge is 0.327 e. The van der Waals surface area contributed by atoms with Gasteiger partial charge in [0.15, 0.2) is 0 Å². The first-order valence-electron chi connectivity index (χ1n) is 9.39. The lowest BCUT2D eigenvalue weighted by molar-refractivity contribution is -0.124. The van der Waals surface area contributed by atoms with E-state index in [1.54, 1.807) is 11.6 Å². The Hall–Kier alpha value is -2.18. The molecule has 0 aliphatic rings. The van der Waals surface area contributed by atoms with Crippen LogP contribution in [0.2, 0.25) is 0 Å². The molecule has 0 atom stereocenters. The van der Waals surface area contributed by atoms with Crippen molar-refractivity contribution in [1.82, 2.24) is 20.3 Å². The van der Waals surface area contributed by atoms with E-state index in [0.717, 1.165) is 48.4 Å². The predicted octanol–water partition coefficient (Wildman–Crippen LogP) is 3.29. The number of aromatic nitrogens is 2. The summed E-state index contributed by atoms with van der Waals surface area (Å²) in [6.45, 7) is 8.29. The number of nitrogens with one attached hydrogen (secondary N) is 2. The highest BCUT2D eigenvalue weighted by atomic mass is 16.5. The molecule has 1 amide bonds. The molecule has 0 fully saturated rings. The molecular formula is C20H30N4O2. The van der Waals surface area contributed by atoms with Gasteiger partial charge in [-0.25, -0.2) is 10.5 Å². The Labute approximate surface area is 155 Å². The molecule has 0 radical (unpaired) electrons. The maximum atomic E-state index is 11.2. The minimum Gasteiger partial charge on any atom is -0.327 e. The molecule has 26 heavy (non-hydrogen) atoms. The van der Waals surface area contributed by atoms with Gasteiger partial charge in [0, 0.05) is 31.6 Å². The van der Waals surface area contributed by atoms with Crippen molar-refractivity contribution in [2.75, 3.05) is 6.54 Å². The maximum Gasteiger partial charge on any atom is 0.267 e. The van der Waals surface area contributed by atoms with Gasteiger partial charge in [-0.3, -0.25) is 10.0 Å². The number of rotatable bonds is 10. The molecule has 3 N–H and O–H groups in total. The molecule has 1 aromatic heterocycles. The summed E-state index contributed by atoms with van der Waals surface area (Å²) in [5.74, 6) is 0.573. The number of carbonyl (C=O) groups excluding carboxylic acids is 1. The average Bonchev–Trinajstić information content (AvgIpc) is 2.96. The van der Waals surface area contributed by atoms with E-state index in [-0.39, 0.29) is 0 Å². The molecule has 0 bridgehead atoms. The number of hydrogen-bond donors (Lipinski definition) is 3. The summed E-state index contributed by atoms with van der Waals surface area (Å²) in [5.41, 5.74) is 4.53. The first-order valence-corrected chi connectivity index (χ1v) is 9.39. The van der Waals surface area contributed by atoms with E-state index in [0.29, 0.717) is 6.04 Å². The Morgan fingerprint density at radius 2 is 2.15 bits per heavy atom. The molecule has 1 heterocycles. The summed E-state index contributed by atoms with van der Waals surface area (Å²) in [6, 6.07) is 6.46. The molecular weight excluding hydrogens is 328 g/mol. The summed E-state index contributed by atoms with van der Waals surface area (Å²) in [5, 5.41) is 12.0. The van der Waals surface area contributed by atoms with Crippen LogP contribution in [0.5, 0.6) is 0 Å². The van der Waals surface area contributed by atoms with Gasteiger partial charge in [-0.05, 0) is 30.2 Å². The standard InChI is InChI=1S/C20H30N4O2/c1-4-5-6-7-19-22-17-14-16(9-11-20(25)23-26)8-10-18(17)24(19)13-12-21-15(2)3/h8-11,14-15,21,26H,4-7,12-13H2,1-3H3,(H,23,25). The van der Waals surface area contributed by atoms with Crippen LogP contribution in [0.1, 0.15) is 51.4 Å². The van der Waals surface area contributed by atoms with Crippen LogP contribution in [0.25, 0.3) is 17.1 Å². The lowest BCUT2D eigenvalue weighted by Gasteiger charge is -2.12. The molecule has 0 unspecified atom stereocenters. The first-order chi connectivity index (χ1) is 12.5. The normalized spacial score (nSPS) is 11.7. The lowest BCUT2D eigenvalue weighted by Crippen LogP contribution is -2.27. The van der Waals surface area contributed by atoms with Crippen molar-refractivity contribution >= 4 is 23.0 Å². The lowest BCUT2D eigenvalue weighted by atomic mass is 10.2. The topological polar surface area (TPSA) is 79.2 Å². The Kier molecular flexibility index (Phi) is 7.81. The van der Waals surface area contributed by atoms with Gasteiger partial charge in [0.1, 0.15) is 5.82 Å². The predicted molar refractivity (Wildman–Crippen MR) is 105 cm³/mol. The van der Waals surface area contributed by atoms with E-state index >= 15 is 0 Å². The molecule has 2 aromatic rings. The highest BCUT2D eigenvalue weighted by Crippen LogP contribution is 2.20. The number of carbonyl (C=O) groups is 1. The number of hydroxylamine groups is 1. The molecule has 0 saturated carbocycles. The molecule has 2 rings (SSSR count). The SMILES string of the molecule is CCCCCc1nc2cc(C=CC(=O)NO)ccc2n1CCNC(C)C. The fraction of sp³-hybridized carbons (Fsp3) is 0.500. The molecule has 6 heteroatoms. The Morgan fingerprint density at radius 1 is 1.35 bits per heavy atom. The van der Waals surface area contributed by atoms with Gasteiger partial charge >= 0.3 is 0 Å². The van der Waals surface area contributed by atoms with Crippen LogP contribution in [0.3, 0.4) is 0 Å². The van der Waals surface area contributed by atoms with E-state index in [1.165, 1.54) is 18.9 Å². The van der Waals surface area contributed by atoms with Gasteiger partial charge in [0.25, 0.3) is 5.91 Å². The van der Waals surface area contributed by atoms with Crippen LogP contribution in [0.4, 0.5) is 0 Å². The van der Waals surface area contributed by atoms with Crippen LogP contribution in [0.15, 0.2) is 24.3 Å². The zero-order valence-corrected chi connectivity index (χ0v) is 16.0. The number of unbranched alkanes of at least 4 members (excludes halogenated alkanes) is 2. The fourth-order valence-corrected chi connectivity index (χ4v) is 2.95. The second-order valence-electron chi connectivity index (χ2n) is 6.80. The number of hydrogen-bond acceptors (Lipinski definition) is 4. The highest BCUT2D eigenvalue weighted by Gasteiger charge is 2.11. The number of amides is 1. The monoisotopic (exact) mass is 358 g/mol. The van der Waals surface area contributed by atoms with Crippen molar-refractivity contribution in [3.05, 3.63) is 35.7 Å². The Bertz CT molecular complexity index is 750. The van der Waals surface area contributed by atoms with Crippen molar-refractivity contribution in [2.24, 2.45) is 0 Å². The number of nitrogens with zero attached hydrogens (tertiary/aromatic N) is 2. The van der Waals surface area contributed by atoms with Crippen LogP contribution >= 0.6 is 0 Å². The quantitative estimate of drug-likeness (QED) is 0.264. The Morgan fingerprint density at radius 3 is 2.85 bits per heavy atom. The minimum absolute atomic E-state index is 0.461. The van der Waals surface area contributed by atoms with Gasteiger partial charge in [0.2, 0.25) is 0 Å². The third kappa shape index (κ3) is 5.68. The van der Waals surface area contributed by atoms with Crippen LogP contribution < -0.4 is 10.8 Å². The van der Waals surface area contributed by atoms with Crippen molar-refractivity contribution in [3.8, 4) is 0 Å². The zero-order valence-electron chi connectivity index (χ0n) is 16.0. The zero-order chi connectivity index (χ0) is 18.9. The van der Waals surface area contributed by atoms with Gasteiger partial charge < -0.3 is 9.88 Å². The van der Waals surface area contributed by atoms with Crippen molar-refractivity contribution in [1.29, 1.82) is 0 Å². The smallest absolute Gasteiger partial charge is 0.267 e. The van der Waals surface area contributed by atoms with Gasteiger partial charge in [0.05, 0.1) is 11.0 Å². The van der Waals surface area contributed by atoms with Gasteiger partial charge in [-0.2, -0.15) is 0 Å². The second-order valence-corrected chi connectivity index (χ2v) is 6.80. The molecule has 142 valence electrons. The molecule has 0 spiro atoms. The van der Waals surface area contributed by atoms with E-state index in [4.69, 9.17) is 10.2 Å². The van der Waals surface area contributed by atoms with Gasteiger partial charge in [-0.15, -0.1) is 0 Å². The second kappa shape index (κ2) is 10.1. The van der Waals surface area contributed by atoms with E-state index in [1.807, 2.05) is 12.1 Å². The van der Waals surface area contributed by atoms with Crippen molar-refractivity contribution in [2.45, 2.75) is 59.0 Å². The van der Waals surface area contributed by atoms with Crippen LogP contribution in [-0.4, -0.2) is 33.3 Å². The van der Waals surface area contributed by atoms with E-state index < -0.39 is 5.91 Å². The first kappa shape index (κ1) is 20.1. The summed E-state index contributed by atoms with van der Waals surface area (Å²) in [6.07, 6.45) is 7.48. The Balaban J connectivity index is 2.27.